The molecule has 3 unspecified atom stereocenters. The fourth-order valence-electron chi connectivity index (χ4n) is 7.88. The first-order chi connectivity index (χ1) is 26.1. The van der Waals surface area contributed by atoms with E-state index in [0.29, 0.717) is 27.2 Å². The number of rotatable bonds is 10. The van der Waals surface area contributed by atoms with Crippen molar-refractivity contribution >= 4 is 38.6 Å². The summed E-state index contributed by atoms with van der Waals surface area (Å²) in [5.74, 6) is -8.95. The van der Waals surface area contributed by atoms with Gasteiger partial charge in [0.25, 0.3) is 5.92 Å². The van der Waals surface area contributed by atoms with Gasteiger partial charge in [0.2, 0.25) is 21.9 Å². The van der Waals surface area contributed by atoms with E-state index in [1.807, 2.05) is 0 Å². The number of sulfonamides is 1. The largest absolute Gasteiger partial charge is 0.435 e. The molecule has 2 aliphatic carbocycles. The van der Waals surface area contributed by atoms with Crippen molar-refractivity contribution in [3.8, 4) is 11.1 Å². The lowest BCUT2D eigenvalue weighted by molar-refractivity contribution is -0.142. The smallest absolute Gasteiger partial charge is 0.386 e. The maximum absolute atomic E-state index is 15.4. The summed E-state index contributed by atoms with van der Waals surface area (Å²) in [7, 11) is -2.23. The van der Waals surface area contributed by atoms with Crippen LogP contribution in [0, 0.1) is 17.6 Å². The fourth-order valence-corrected chi connectivity index (χ4v) is 8.38. The molecule has 4 heterocycles. The van der Waals surface area contributed by atoms with Gasteiger partial charge in [0.15, 0.2) is 11.5 Å². The lowest BCUT2D eigenvalue weighted by atomic mass is 9.94. The van der Waals surface area contributed by atoms with E-state index in [2.05, 4.69) is 25.2 Å². The first-order valence-electron chi connectivity index (χ1n) is 17.2. The summed E-state index contributed by atoms with van der Waals surface area (Å²) in [6.45, 7) is 0.742. The molecule has 56 heavy (non-hydrogen) atoms. The van der Waals surface area contributed by atoms with Crippen molar-refractivity contribution < 1.29 is 49.1 Å². The van der Waals surface area contributed by atoms with Gasteiger partial charge in [-0.1, -0.05) is 12.1 Å². The van der Waals surface area contributed by atoms with Crippen molar-refractivity contribution in [3.05, 3.63) is 82.4 Å². The second kappa shape index (κ2) is 12.6. The van der Waals surface area contributed by atoms with Gasteiger partial charge in [0, 0.05) is 47.3 Å². The lowest BCUT2D eigenvalue weighted by Crippen LogP contribution is -2.60. The van der Waals surface area contributed by atoms with Crippen LogP contribution in [0.4, 0.5) is 42.5 Å². The van der Waals surface area contributed by atoms with Crippen molar-refractivity contribution in [3.63, 3.8) is 0 Å². The predicted molar refractivity (Wildman–Crippen MR) is 186 cm³/mol. The minimum absolute atomic E-state index is 0.00624. The number of nitrogens with one attached hydrogen (secondary N) is 2. The Labute approximate surface area is 313 Å². The molecule has 3 aliphatic rings. The zero-order chi connectivity index (χ0) is 40.3. The molecule has 21 heteroatoms. The molecule has 3 atom stereocenters. The number of fused-ring (bicyclic) bond motifs is 4. The van der Waals surface area contributed by atoms with Crippen LogP contribution in [-0.2, 0) is 46.9 Å². The van der Waals surface area contributed by atoms with Crippen LogP contribution >= 0.6 is 0 Å². The summed E-state index contributed by atoms with van der Waals surface area (Å²) in [5.41, 5.74) is -3.19. The van der Waals surface area contributed by atoms with E-state index in [1.54, 1.807) is 37.1 Å². The van der Waals surface area contributed by atoms with Crippen LogP contribution in [0.1, 0.15) is 53.5 Å². The Morgan fingerprint density at radius 2 is 1.79 bits per heavy atom. The third-order valence-corrected chi connectivity index (χ3v) is 10.7. The van der Waals surface area contributed by atoms with E-state index >= 15 is 8.78 Å². The number of alkyl halides is 5. The van der Waals surface area contributed by atoms with Crippen molar-refractivity contribution in [1.82, 2.24) is 34.8 Å². The number of benzene rings is 2. The van der Waals surface area contributed by atoms with Crippen molar-refractivity contribution in [2.24, 2.45) is 13.0 Å². The molecule has 0 spiro atoms. The molecule has 3 N–H and O–H groups in total. The molecule has 1 amide bonds. The molecule has 0 bridgehead atoms. The number of aliphatic hydroxyl groups is 1. The van der Waals surface area contributed by atoms with Crippen LogP contribution in [0.2, 0.25) is 0 Å². The van der Waals surface area contributed by atoms with Gasteiger partial charge < -0.3 is 15.3 Å². The summed E-state index contributed by atoms with van der Waals surface area (Å²) >= 11 is 0. The standard InChI is InChI=1S/C35H32F7N9O4S/c1-33(53)14-50(15-33)32-43-12-22(19-5-4-6-20-28(19)49(2)47-31(20)48-56(3,54)55)27(45-32)24(9-16-7-17(36)10-18(37)8-16)44-25(52)13-51-30-26(29(46-51)35(40,41)42)21-11-23(21)34(30,38)39/h4-8,10,12,21,23-24,53H,9,11,13-15H2,1-3H3,(H,44,52)(H,47,48). The van der Waals surface area contributed by atoms with Gasteiger partial charge in [0.1, 0.15) is 23.9 Å². The molecule has 5 aromatic rings. The van der Waals surface area contributed by atoms with Gasteiger partial charge in [0.05, 0.1) is 42.2 Å². The van der Waals surface area contributed by atoms with Gasteiger partial charge in [-0.05, 0) is 49.4 Å². The first-order valence-corrected chi connectivity index (χ1v) is 19.1. The molecular weight excluding hydrogens is 775 g/mol. The number of para-hydroxylation sites is 1. The summed E-state index contributed by atoms with van der Waals surface area (Å²) in [6, 6.07) is 6.11. The van der Waals surface area contributed by atoms with E-state index in [9.17, 15) is 40.3 Å². The average molecular weight is 808 g/mol. The molecule has 1 saturated heterocycles. The normalized spacial score (nSPS) is 20.0. The molecular formula is C35H32F7N9O4S. The van der Waals surface area contributed by atoms with Gasteiger partial charge in [-0.3, -0.25) is 18.9 Å². The predicted octanol–water partition coefficient (Wildman–Crippen LogP) is 4.78. The van der Waals surface area contributed by atoms with E-state index in [1.165, 1.54) is 10.9 Å². The number of nitrogens with zero attached hydrogens (tertiary/aromatic N) is 7. The minimum Gasteiger partial charge on any atom is -0.386 e. The zero-order valence-electron chi connectivity index (χ0n) is 29.7. The van der Waals surface area contributed by atoms with Crippen LogP contribution < -0.4 is 14.9 Å². The maximum atomic E-state index is 15.4. The molecule has 1 aliphatic heterocycles. The maximum Gasteiger partial charge on any atom is 0.435 e. The summed E-state index contributed by atoms with van der Waals surface area (Å²) in [6.07, 6.45) is -3.24. The number of aromatic nitrogens is 6. The Bertz CT molecular complexity index is 2530. The Hall–Kier alpha value is -5.31. The monoisotopic (exact) mass is 807 g/mol. The topological polar surface area (TPSA) is 160 Å². The van der Waals surface area contributed by atoms with Gasteiger partial charge in [-0.25, -0.2) is 27.2 Å². The van der Waals surface area contributed by atoms with Crippen LogP contribution in [0.5, 0.6) is 0 Å². The molecule has 2 fully saturated rings. The molecule has 3 aromatic heterocycles. The Balaban J connectivity index is 1.25. The Kier molecular flexibility index (Phi) is 8.46. The van der Waals surface area contributed by atoms with Crippen molar-refractivity contribution in [2.75, 3.05) is 29.0 Å². The number of β-amino-alcohol motifs (C(OH)–C–C–N with tert-alkyl or cyclic N) is 1. The van der Waals surface area contributed by atoms with E-state index < -0.39 is 86.6 Å². The average Bonchev–Trinajstić information content (AvgIpc) is 3.61. The summed E-state index contributed by atoms with van der Waals surface area (Å²) in [5, 5.41) is 21.2. The third kappa shape index (κ3) is 6.69. The number of hydrogen-bond acceptors (Lipinski definition) is 9. The summed E-state index contributed by atoms with van der Waals surface area (Å²) in [4.78, 5) is 24.7. The molecule has 296 valence electrons. The van der Waals surface area contributed by atoms with Gasteiger partial charge >= 0.3 is 6.18 Å². The third-order valence-electron chi connectivity index (χ3n) is 10.1. The minimum atomic E-state index is -5.07. The van der Waals surface area contributed by atoms with Gasteiger partial charge in [-0.2, -0.15) is 32.1 Å². The van der Waals surface area contributed by atoms with Crippen LogP contribution in [0.25, 0.3) is 22.0 Å². The summed E-state index contributed by atoms with van der Waals surface area (Å²) < 4.78 is 130. The molecule has 8 rings (SSSR count). The van der Waals surface area contributed by atoms with E-state index in [4.69, 9.17) is 4.98 Å². The molecule has 13 nitrogen and oxygen atoms in total. The number of amides is 1. The van der Waals surface area contributed by atoms with E-state index in [0.717, 1.165) is 18.4 Å². The number of carbonyl (C=O) groups excluding carboxylic acids is 1. The van der Waals surface area contributed by atoms with Crippen LogP contribution in [-0.4, -0.2) is 73.9 Å². The fraction of sp³-hybridized carbons (Fsp3) is 0.400. The first kappa shape index (κ1) is 37.6. The number of aryl methyl sites for hydroxylation is 1. The number of carbonyl (C=O) groups is 1. The molecule has 0 radical (unpaired) electrons. The zero-order valence-corrected chi connectivity index (χ0v) is 30.5. The van der Waals surface area contributed by atoms with E-state index in [-0.39, 0.29) is 54.5 Å². The lowest BCUT2D eigenvalue weighted by Gasteiger charge is -2.44. The highest BCUT2D eigenvalue weighted by atomic mass is 32.2. The van der Waals surface area contributed by atoms with Crippen LogP contribution in [0.15, 0.2) is 42.6 Å². The highest BCUT2D eigenvalue weighted by Gasteiger charge is 2.68. The Morgan fingerprint density at radius 3 is 2.43 bits per heavy atom. The van der Waals surface area contributed by atoms with Crippen molar-refractivity contribution in [1.29, 1.82) is 0 Å². The number of anilines is 2. The number of halogens is 7. The second-order valence-corrected chi connectivity index (χ2v) is 16.6. The quantitative estimate of drug-likeness (QED) is 0.169. The second-order valence-electron chi connectivity index (χ2n) is 14.8. The van der Waals surface area contributed by atoms with Crippen molar-refractivity contribution in [2.45, 2.75) is 56.0 Å². The Morgan fingerprint density at radius 1 is 1.09 bits per heavy atom. The van der Waals surface area contributed by atoms with Crippen LogP contribution in [0.3, 0.4) is 0 Å². The highest BCUT2D eigenvalue weighted by molar-refractivity contribution is 7.92. The van der Waals surface area contributed by atoms with Gasteiger partial charge in [-0.15, -0.1) is 0 Å². The SMILES string of the molecule is Cn1nc(NS(C)(=O)=O)c2cccc(-c3cnc(N4CC(C)(O)C4)nc3C(Cc3cc(F)cc(F)c3)NC(=O)Cn3nc(C(F)(F)F)c4c3C(F)(F)C3CC43)c21. The highest BCUT2D eigenvalue weighted by Crippen LogP contribution is 2.68. The molecule has 2 aromatic carbocycles. The molecule has 1 saturated carbocycles. The number of hydrogen-bond donors (Lipinski definition) is 3.